The molecule has 1 aliphatic rings. The average molecular weight is 282 g/mol. The van der Waals surface area contributed by atoms with Gasteiger partial charge in [-0.3, -0.25) is 4.98 Å². The molecule has 0 bridgehead atoms. The molecule has 21 heavy (non-hydrogen) atoms. The molecule has 2 aromatic rings. The molecule has 1 aromatic carbocycles. The molecule has 0 aliphatic carbocycles. The second-order valence-corrected chi connectivity index (χ2v) is 5.37. The van der Waals surface area contributed by atoms with Gasteiger partial charge in [-0.2, -0.15) is 0 Å². The lowest BCUT2D eigenvalue weighted by atomic mass is 9.95. The minimum Gasteiger partial charge on any atom is -0.478 e. The van der Waals surface area contributed by atoms with Gasteiger partial charge in [-0.05, 0) is 43.7 Å². The molecule has 3 rings (SSSR count). The van der Waals surface area contributed by atoms with Crippen LogP contribution in [0.4, 0.5) is 0 Å². The standard InChI is InChI=1S/C17H18N2O2/c20-17(21)13-8-6-12(7-9-13)15-4-1-5-16(19-15)14-3-2-10-18-11-14/h1,4-9,14,18H,2-3,10-11H2,(H,20,21)/t14-/m0/s1. The van der Waals surface area contributed by atoms with Crippen molar-refractivity contribution in [3.8, 4) is 11.3 Å². The van der Waals surface area contributed by atoms with E-state index < -0.39 is 5.97 Å². The zero-order valence-electron chi connectivity index (χ0n) is 11.7. The number of carboxylic acids is 1. The number of carbonyl (C=O) groups is 1. The van der Waals surface area contributed by atoms with Crippen molar-refractivity contribution >= 4 is 5.97 Å². The van der Waals surface area contributed by atoms with E-state index in [0.717, 1.165) is 30.0 Å². The number of hydrogen-bond donors (Lipinski definition) is 2. The summed E-state index contributed by atoms with van der Waals surface area (Å²) in [6, 6.07) is 12.9. The summed E-state index contributed by atoms with van der Waals surface area (Å²) in [7, 11) is 0. The highest BCUT2D eigenvalue weighted by Gasteiger charge is 2.16. The highest BCUT2D eigenvalue weighted by Crippen LogP contribution is 2.24. The highest BCUT2D eigenvalue weighted by molar-refractivity contribution is 5.88. The van der Waals surface area contributed by atoms with Crippen LogP contribution in [0.15, 0.2) is 42.5 Å². The van der Waals surface area contributed by atoms with E-state index in [1.807, 2.05) is 24.3 Å². The number of aromatic carboxylic acids is 1. The van der Waals surface area contributed by atoms with Crippen LogP contribution in [-0.2, 0) is 0 Å². The quantitative estimate of drug-likeness (QED) is 0.908. The normalized spacial score (nSPS) is 18.4. The third-order valence-corrected chi connectivity index (χ3v) is 3.91. The van der Waals surface area contributed by atoms with Crippen molar-refractivity contribution in [2.45, 2.75) is 18.8 Å². The maximum atomic E-state index is 10.9. The summed E-state index contributed by atoms with van der Waals surface area (Å²) >= 11 is 0. The lowest BCUT2D eigenvalue weighted by Gasteiger charge is -2.22. The molecule has 2 N–H and O–H groups in total. The summed E-state index contributed by atoms with van der Waals surface area (Å²) in [5, 5.41) is 12.3. The number of nitrogens with zero attached hydrogens (tertiary/aromatic N) is 1. The van der Waals surface area contributed by atoms with E-state index in [1.54, 1.807) is 12.1 Å². The van der Waals surface area contributed by atoms with Gasteiger partial charge in [-0.1, -0.05) is 18.2 Å². The second-order valence-electron chi connectivity index (χ2n) is 5.37. The number of hydrogen-bond acceptors (Lipinski definition) is 3. The van der Waals surface area contributed by atoms with Gasteiger partial charge in [0.05, 0.1) is 11.3 Å². The van der Waals surface area contributed by atoms with Crippen molar-refractivity contribution < 1.29 is 9.90 Å². The van der Waals surface area contributed by atoms with Crippen molar-refractivity contribution in [2.24, 2.45) is 0 Å². The molecule has 0 unspecified atom stereocenters. The molecular weight excluding hydrogens is 264 g/mol. The van der Waals surface area contributed by atoms with E-state index in [0.29, 0.717) is 11.5 Å². The number of aromatic nitrogens is 1. The van der Waals surface area contributed by atoms with Gasteiger partial charge in [0.25, 0.3) is 0 Å². The van der Waals surface area contributed by atoms with E-state index in [-0.39, 0.29) is 0 Å². The molecule has 1 aliphatic heterocycles. The minimum atomic E-state index is -0.906. The monoisotopic (exact) mass is 282 g/mol. The largest absolute Gasteiger partial charge is 0.478 e. The summed E-state index contributed by atoms with van der Waals surface area (Å²) in [6.45, 7) is 2.07. The smallest absolute Gasteiger partial charge is 0.335 e. The molecule has 108 valence electrons. The third kappa shape index (κ3) is 3.11. The SMILES string of the molecule is O=C(O)c1ccc(-c2cccc([C@H]3CCCNC3)n2)cc1. The van der Waals surface area contributed by atoms with Gasteiger partial charge in [0, 0.05) is 23.7 Å². The van der Waals surface area contributed by atoms with Crippen molar-refractivity contribution in [1.82, 2.24) is 10.3 Å². The number of nitrogens with one attached hydrogen (secondary N) is 1. The Hall–Kier alpha value is -2.20. The van der Waals surface area contributed by atoms with E-state index in [9.17, 15) is 4.79 Å². The Kier molecular flexibility index (Phi) is 3.97. The van der Waals surface area contributed by atoms with Crippen LogP contribution in [0, 0.1) is 0 Å². The minimum absolute atomic E-state index is 0.298. The number of pyridine rings is 1. The first-order valence-corrected chi connectivity index (χ1v) is 7.25. The van der Waals surface area contributed by atoms with Crippen LogP contribution in [0.2, 0.25) is 0 Å². The summed E-state index contributed by atoms with van der Waals surface area (Å²) < 4.78 is 0. The van der Waals surface area contributed by atoms with E-state index in [1.165, 1.54) is 12.8 Å². The fourth-order valence-electron chi connectivity index (χ4n) is 2.73. The van der Waals surface area contributed by atoms with Crippen LogP contribution in [-0.4, -0.2) is 29.1 Å². The molecule has 0 radical (unpaired) electrons. The third-order valence-electron chi connectivity index (χ3n) is 3.91. The molecule has 2 heterocycles. The molecule has 4 heteroatoms. The van der Waals surface area contributed by atoms with Gasteiger partial charge >= 0.3 is 5.97 Å². The molecule has 1 aromatic heterocycles. The van der Waals surface area contributed by atoms with Gasteiger partial charge in [-0.25, -0.2) is 4.79 Å². The topological polar surface area (TPSA) is 62.2 Å². The Balaban J connectivity index is 1.86. The predicted octanol–water partition coefficient (Wildman–Crippen LogP) is 2.91. The number of rotatable bonds is 3. The van der Waals surface area contributed by atoms with Crippen LogP contribution < -0.4 is 5.32 Å². The predicted molar refractivity (Wildman–Crippen MR) is 81.5 cm³/mol. The van der Waals surface area contributed by atoms with Crippen molar-refractivity contribution in [1.29, 1.82) is 0 Å². The fraction of sp³-hybridized carbons (Fsp3) is 0.294. The number of piperidine rings is 1. The van der Waals surface area contributed by atoms with Gasteiger partial charge in [0.15, 0.2) is 0 Å². The summed E-state index contributed by atoms with van der Waals surface area (Å²) in [5.74, 6) is -0.437. The molecule has 1 saturated heterocycles. The average Bonchev–Trinajstić information content (AvgIpc) is 2.56. The fourth-order valence-corrected chi connectivity index (χ4v) is 2.73. The summed E-state index contributed by atoms with van der Waals surface area (Å²) in [5.41, 5.74) is 3.26. The molecule has 0 saturated carbocycles. The van der Waals surface area contributed by atoms with Gasteiger partial charge in [-0.15, -0.1) is 0 Å². The zero-order valence-corrected chi connectivity index (χ0v) is 11.7. The van der Waals surface area contributed by atoms with E-state index in [2.05, 4.69) is 11.4 Å². The Morgan fingerprint density at radius 2 is 2.00 bits per heavy atom. The molecule has 0 amide bonds. The molecule has 1 atom stereocenters. The lowest BCUT2D eigenvalue weighted by molar-refractivity contribution is 0.0697. The highest BCUT2D eigenvalue weighted by atomic mass is 16.4. The second kappa shape index (κ2) is 6.06. The van der Waals surface area contributed by atoms with Crippen LogP contribution >= 0.6 is 0 Å². The first-order valence-electron chi connectivity index (χ1n) is 7.25. The first kappa shape index (κ1) is 13.8. The molecule has 0 spiro atoms. The number of benzene rings is 1. The number of carboxylic acid groups (broad SMARTS) is 1. The van der Waals surface area contributed by atoms with Gasteiger partial charge in [0.1, 0.15) is 0 Å². The maximum Gasteiger partial charge on any atom is 0.335 e. The van der Waals surface area contributed by atoms with Crippen molar-refractivity contribution in [2.75, 3.05) is 13.1 Å². The Morgan fingerprint density at radius 1 is 1.19 bits per heavy atom. The van der Waals surface area contributed by atoms with Crippen LogP contribution in [0.3, 0.4) is 0 Å². The zero-order chi connectivity index (χ0) is 14.7. The van der Waals surface area contributed by atoms with Crippen LogP contribution in [0.5, 0.6) is 0 Å². The van der Waals surface area contributed by atoms with E-state index >= 15 is 0 Å². The molecular formula is C17H18N2O2. The molecule has 1 fully saturated rings. The lowest BCUT2D eigenvalue weighted by Crippen LogP contribution is -2.28. The van der Waals surface area contributed by atoms with Crippen LogP contribution in [0.1, 0.15) is 34.8 Å². The summed E-state index contributed by atoms with van der Waals surface area (Å²) in [4.78, 5) is 15.6. The Morgan fingerprint density at radius 3 is 2.67 bits per heavy atom. The summed E-state index contributed by atoms with van der Waals surface area (Å²) in [6.07, 6.45) is 2.35. The first-order chi connectivity index (χ1) is 10.2. The van der Waals surface area contributed by atoms with Gasteiger partial charge < -0.3 is 10.4 Å². The van der Waals surface area contributed by atoms with Crippen molar-refractivity contribution in [3.63, 3.8) is 0 Å². The molecule has 4 nitrogen and oxygen atoms in total. The Bertz CT molecular complexity index is 631. The van der Waals surface area contributed by atoms with Gasteiger partial charge in [0.2, 0.25) is 0 Å². The maximum absolute atomic E-state index is 10.9. The Labute approximate surface area is 123 Å². The van der Waals surface area contributed by atoms with Crippen LogP contribution in [0.25, 0.3) is 11.3 Å². The van der Waals surface area contributed by atoms with E-state index in [4.69, 9.17) is 10.1 Å². The van der Waals surface area contributed by atoms with Crippen molar-refractivity contribution in [3.05, 3.63) is 53.7 Å².